The van der Waals surface area contributed by atoms with Crippen molar-refractivity contribution in [1.29, 1.82) is 0 Å². The first-order chi connectivity index (χ1) is 13.2. The molecule has 3 aromatic rings. The van der Waals surface area contributed by atoms with Gasteiger partial charge in [-0.2, -0.15) is 5.10 Å². The van der Waals surface area contributed by atoms with E-state index < -0.39 is 0 Å². The van der Waals surface area contributed by atoms with Gasteiger partial charge in [0.15, 0.2) is 0 Å². The molecule has 0 bridgehead atoms. The monoisotopic (exact) mass is 365 g/mol. The Labute approximate surface area is 158 Å². The maximum absolute atomic E-state index is 12.7. The summed E-state index contributed by atoms with van der Waals surface area (Å²) in [5.41, 5.74) is 4.21. The van der Waals surface area contributed by atoms with Crippen molar-refractivity contribution in [3.8, 4) is 22.8 Å². The molecule has 3 rings (SSSR count). The van der Waals surface area contributed by atoms with Crippen LogP contribution in [0.3, 0.4) is 0 Å². The fourth-order valence-electron chi connectivity index (χ4n) is 2.88. The van der Waals surface area contributed by atoms with E-state index in [9.17, 15) is 4.79 Å². The first-order valence-corrected chi connectivity index (χ1v) is 8.78. The third-order valence-corrected chi connectivity index (χ3v) is 4.46. The average molecular weight is 365 g/mol. The molecule has 1 heterocycles. The maximum atomic E-state index is 12.7. The van der Waals surface area contributed by atoms with Gasteiger partial charge in [-0.1, -0.05) is 31.2 Å². The van der Waals surface area contributed by atoms with E-state index in [1.165, 1.54) is 5.56 Å². The van der Waals surface area contributed by atoms with Crippen LogP contribution in [0.2, 0.25) is 0 Å². The van der Waals surface area contributed by atoms with Crippen molar-refractivity contribution in [2.75, 3.05) is 14.2 Å². The Balaban J connectivity index is 1.77. The Bertz CT molecular complexity index is 917. The number of nitrogens with one attached hydrogen (secondary N) is 2. The van der Waals surface area contributed by atoms with Gasteiger partial charge in [0.2, 0.25) is 0 Å². The molecular weight excluding hydrogens is 342 g/mol. The predicted molar refractivity (Wildman–Crippen MR) is 104 cm³/mol. The van der Waals surface area contributed by atoms with Crippen molar-refractivity contribution < 1.29 is 14.3 Å². The van der Waals surface area contributed by atoms with Crippen LogP contribution >= 0.6 is 0 Å². The molecular formula is C21H23N3O3. The fourth-order valence-corrected chi connectivity index (χ4v) is 2.88. The molecule has 6 nitrogen and oxygen atoms in total. The van der Waals surface area contributed by atoms with E-state index in [1.54, 1.807) is 20.4 Å². The van der Waals surface area contributed by atoms with Gasteiger partial charge in [-0.15, -0.1) is 0 Å². The van der Waals surface area contributed by atoms with Crippen LogP contribution in [-0.4, -0.2) is 30.3 Å². The second-order valence-electron chi connectivity index (χ2n) is 6.07. The summed E-state index contributed by atoms with van der Waals surface area (Å²) in [4.78, 5) is 12.7. The third kappa shape index (κ3) is 4.11. The van der Waals surface area contributed by atoms with E-state index in [1.807, 2.05) is 30.3 Å². The number of ether oxygens (including phenoxy) is 2. The first kappa shape index (κ1) is 18.5. The largest absolute Gasteiger partial charge is 0.497 e. The Morgan fingerprint density at radius 3 is 2.56 bits per heavy atom. The van der Waals surface area contributed by atoms with E-state index in [0.29, 0.717) is 29.3 Å². The van der Waals surface area contributed by atoms with Crippen LogP contribution in [-0.2, 0) is 13.0 Å². The molecule has 0 aliphatic heterocycles. The lowest BCUT2D eigenvalue weighted by molar-refractivity contribution is 0.0951. The molecule has 140 valence electrons. The number of hydrogen-bond acceptors (Lipinski definition) is 4. The topological polar surface area (TPSA) is 76.2 Å². The summed E-state index contributed by atoms with van der Waals surface area (Å²) in [6.45, 7) is 2.43. The molecule has 0 saturated heterocycles. The number of aryl methyl sites for hydroxylation is 1. The van der Waals surface area contributed by atoms with Gasteiger partial charge in [0.1, 0.15) is 11.5 Å². The molecule has 0 unspecified atom stereocenters. The molecule has 6 heteroatoms. The third-order valence-electron chi connectivity index (χ3n) is 4.46. The number of aromatic nitrogens is 2. The van der Waals surface area contributed by atoms with Crippen molar-refractivity contribution in [3.63, 3.8) is 0 Å². The van der Waals surface area contributed by atoms with Crippen LogP contribution < -0.4 is 14.8 Å². The van der Waals surface area contributed by atoms with Crippen molar-refractivity contribution in [2.24, 2.45) is 0 Å². The van der Waals surface area contributed by atoms with Crippen molar-refractivity contribution in [1.82, 2.24) is 15.5 Å². The summed E-state index contributed by atoms with van der Waals surface area (Å²) >= 11 is 0. The standard InChI is InChI=1S/C21H23N3O3/c1-4-14-5-7-15(8-6-14)20-18(13-23-24-20)21(25)22-12-16-11-17(26-2)9-10-19(16)27-3/h5-11,13H,4,12H2,1-3H3,(H,22,25)(H,23,24). The summed E-state index contributed by atoms with van der Waals surface area (Å²) in [5, 5.41) is 9.90. The van der Waals surface area contributed by atoms with E-state index in [-0.39, 0.29) is 5.91 Å². The van der Waals surface area contributed by atoms with Gasteiger partial charge in [0.05, 0.1) is 31.7 Å². The predicted octanol–water partition coefficient (Wildman–Crippen LogP) is 3.59. The molecule has 0 spiro atoms. The van der Waals surface area contributed by atoms with Crippen molar-refractivity contribution in [3.05, 3.63) is 65.4 Å². The fraction of sp³-hybridized carbons (Fsp3) is 0.238. The van der Waals surface area contributed by atoms with Gasteiger partial charge < -0.3 is 14.8 Å². The van der Waals surface area contributed by atoms with E-state index in [0.717, 1.165) is 17.5 Å². The molecule has 1 aromatic heterocycles. The summed E-state index contributed by atoms with van der Waals surface area (Å²) < 4.78 is 10.6. The minimum atomic E-state index is -0.205. The number of aromatic amines is 1. The summed E-state index contributed by atoms with van der Waals surface area (Å²) in [5.74, 6) is 1.20. The number of H-pyrrole nitrogens is 1. The molecule has 0 saturated carbocycles. The molecule has 0 radical (unpaired) electrons. The van der Waals surface area contributed by atoms with Crippen LogP contribution in [0.4, 0.5) is 0 Å². The number of benzene rings is 2. The molecule has 0 aliphatic rings. The quantitative estimate of drug-likeness (QED) is 0.671. The van der Waals surface area contributed by atoms with Crippen LogP contribution in [0.25, 0.3) is 11.3 Å². The maximum Gasteiger partial charge on any atom is 0.255 e. The van der Waals surface area contributed by atoms with Gasteiger partial charge in [-0.3, -0.25) is 9.89 Å². The molecule has 1 amide bonds. The van der Waals surface area contributed by atoms with Gasteiger partial charge in [-0.05, 0) is 30.2 Å². The van der Waals surface area contributed by atoms with Gasteiger partial charge >= 0.3 is 0 Å². The van der Waals surface area contributed by atoms with Crippen LogP contribution in [0, 0.1) is 0 Å². The van der Waals surface area contributed by atoms with Gasteiger partial charge in [0, 0.05) is 17.7 Å². The highest BCUT2D eigenvalue weighted by Gasteiger charge is 2.16. The molecule has 2 N–H and O–H groups in total. The number of methoxy groups -OCH3 is 2. The van der Waals surface area contributed by atoms with Crippen LogP contribution in [0.5, 0.6) is 11.5 Å². The second kappa shape index (κ2) is 8.40. The zero-order chi connectivity index (χ0) is 19.2. The number of hydrogen-bond donors (Lipinski definition) is 2. The smallest absolute Gasteiger partial charge is 0.255 e. The van der Waals surface area contributed by atoms with Gasteiger partial charge in [0.25, 0.3) is 5.91 Å². The van der Waals surface area contributed by atoms with Crippen molar-refractivity contribution >= 4 is 5.91 Å². The Kier molecular flexibility index (Phi) is 5.76. The molecule has 0 atom stereocenters. The van der Waals surface area contributed by atoms with Gasteiger partial charge in [-0.25, -0.2) is 0 Å². The Morgan fingerprint density at radius 2 is 1.89 bits per heavy atom. The first-order valence-electron chi connectivity index (χ1n) is 8.78. The average Bonchev–Trinajstić information content (AvgIpc) is 3.21. The van der Waals surface area contributed by atoms with E-state index in [2.05, 4.69) is 34.6 Å². The van der Waals surface area contributed by atoms with Crippen LogP contribution in [0.1, 0.15) is 28.4 Å². The number of nitrogens with zero attached hydrogens (tertiary/aromatic N) is 1. The second-order valence-corrected chi connectivity index (χ2v) is 6.07. The highest BCUT2D eigenvalue weighted by Crippen LogP contribution is 2.25. The number of carbonyl (C=O) groups excluding carboxylic acids is 1. The zero-order valence-corrected chi connectivity index (χ0v) is 15.7. The Hall–Kier alpha value is -3.28. The summed E-state index contributed by atoms with van der Waals surface area (Å²) in [6.07, 6.45) is 2.51. The molecule has 27 heavy (non-hydrogen) atoms. The van der Waals surface area contributed by atoms with E-state index >= 15 is 0 Å². The Morgan fingerprint density at radius 1 is 1.11 bits per heavy atom. The lowest BCUT2D eigenvalue weighted by Gasteiger charge is -2.11. The summed E-state index contributed by atoms with van der Waals surface area (Å²) in [7, 11) is 3.20. The SMILES string of the molecule is CCc1ccc(-c2[nH]ncc2C(=O)NCc2cc(OC)ccc2OC)cc1. The summed E-state index contributed by atoms with van der Waals surface area (Å²) in [6, 6.07) is 13.6. The molecule has 0 fully saturated rings. The number of carbonyl (C=O) groups is 1. The highest BCUT2D eigenvalue weighted by atomic mass is 16.5. The lowest BCUT2D eigenvalue weighted by atomic mass is 10.0. The van der Waals surface area contributed by atoms with Crippen molar-refractivity contribution in [2.45, 2.75) is 19.9 Å². The van der Waals surface area contributed by atoms with Crippen LogP contribution in [0.15, 0.2) is 48.7 Å². The molecule has 2 aromatic carbocycles. The molecule has 0 aliphatic carbocycles. The zero-order valence-electron chi connectivity index (χ0n) is 15.7. The number of rotatable bonds is 7. The normalized spacial score (nSPS) is 10.5. The highest BCUT2D eigenvalue weighted by molar-refractivity contribution is 5.99. The number of amides is 1. The minimum Gasteiger partial charge on any atom is -0.497 e. The lowest BCUT2D eigenvalue weighted by Crippen LogP contribution is -2.23. The minimum absolute atomic E-state index is 0.205. The van der Waals surface area contributed by atoms with E-state index in [4.69, 9.17) is 9.47 Å².